The van der Waals surface area contributed by atoms with Crippen LogP contribution in [-0.2, 0) is 11.3 Å². The van der Waals surface area contributed by atoms with Gasteiger partial charge in [-0.25, -0.2) is 4.79 Å². The highest BCUT2D eigenvalue weighted by molar-refractivity contribution is 5.87. The Kier molecular flexibility index (Phi) is 5.36. The molecule has 0 spiro atoms. The van der Waals surface area contributed by atoms with Crippen LogP contribution in [0.1, 0.15) is 29.5 Å². The Balaban J connectivity index is 2.42. The fraction of sp³-hybridized carbons (Fsp3) is 0.417. The maximum atomic E-state index is 11.3. The number of allylic oxidation sites excluding steroid dienone is 1. The predicted molar refractivity (Wildman–Crippen MR) is 61.2 cm³/mol. The topological polar surface area (TPSA) is 51.5 Å². The number of rotatable bonds is 6. The number of hydrogen-bond acceptors (Lipinski definition) is 4. The van der Waals surface area contributed by atoms with Gasteiger partial charge in [0.05, 0.1) is 13.4 Å². The standard InChI is InChI=1S/C12H17NO3/c1-3-4-5-7-13-9-10-6-8-16-11(10)12(14)15-2/h3-4,6,8,13H,5,7,9H2,1-2H3/b4-3+. The van der Waals surface area contributed by atoms with Crippen molar-refractivity contribution in [2.45, 2.75) is 19.9 Å². The van der Waals surface area contributed by atoms with Gasteiger partial charge in [0.15, 0.2) is 0 Å². The second kappa shape index (κ2) is 6.85. The molecule has 0 unspecified atom stereocenters. The fourth-order valence-electron chi connectivity index (χ4n) is 1.32. The summed E-state index contributed by atoms with van der Waals surface area (Å²) in [7, 11) is 1.34. The third kappa shape index (κ3) is 3.55. The molecule has 0 atom stereocenters. The number of furan rings is 1. The van der Waals surface area contributed by atoms with Gasteiger partial charge < -0.3 is 14.5 Å². The molecule has 4 heteroatoms. The highest BCUT2D eigenvalue weighted by atomic mass is 16.5. The van der Waals surface area contributed by atoms with Gasteiger partial charge in [-0.1, -0.05) is 12.2 Å². The molecule has 0 radical (unpaired) electrons. The number of ether oxygens (including phenoxy) is 1. The fourth-order valence-corrected chi connectivity index (χ4v) is 1.32. The highest BCUT2D eigenvalue weighted by Gasteiger charge is 2.14. The molecular weight excluding hydrogens is 206 g/mol. The van der Waals surface area contributed by atoms with Crippen molar-refractivity contribution in [3.8, 4) is 0 Å². The lowest BCUT2D eigenvalue weighted by Crippen LogP contribution is -2.16. The van der Waals surface area contributed by atoms with E-state index in [1.54, 1.807) is 6.07 Å². The van der Waals surface area contributed by atoms with Gasteiger partial charge in [0.25, 0.3) is 0 Å². The number of methoxy groups -OCH3 is 1. The van der Waals surface area contributed by atoms with Crippen molar-refractivity contribution in [3.63, 3.8) is 0 Å². The molecule has 88 valence electrons. The number of nitrogens with one attached hydrogen (secondary N) is 1. The van der Waals surface area contributed by atoms with Crippen LogP contribution in [0.5, 0.6) is 0 Å². The summed E-state index contributed by atoms with van der Waals surface area (Å²) in [5.74, 6) is -0.156. The highest BCUT2D eigenvalue weighted by Crippen LogP contribution is 2.11. The molecule has 0 aliphatic carbocycles. The van der Waals surface area contributed by atoms with Gasteiger partial charge in [-0.15, -0.1) is 0 Å². The number of hydrogen-bond donors (Lipinski definition) is 1. The molecule has 0 amide bonds. The quantitative estimate of drug-likeness (QED) is 0.456. The van der Waals surface area contributed by atoms with Gasteiger partial charge in [-0.3, -0.25) is 0 Å². The summed E-state index contributed by atoms with van der Waals surface area (Å²) in [6.07, 6.45) is 6.57. The molecule has 0 fully saturated rings. The van der Waals surface area contributed by atoms with Crippen LogP contribution < -0.4 is 5.32 Å². The van der Waals surface area contributed by atoms with E-state index in [4.69, 9.17) is 4.42 Å². The lowest BCUT2D eigenvalue weighted by Gasteiger charge is -2.02. The van der Waals surface area contributed by atoms with E-state index in [1.165, 1.54) is 13.4 Å². The van der Waals surface area contributed by atoms with Crippen molar-refractivity contribution in [1.82, 2.24) is 5.32 Å². The molecule has 0 saturated carbocycles. The molecule has 1 aromatic rings. The smallest absolute Gasteiger partial charge is 0.374 e. The minimum atomic E-state index is -0.435. The third-order valence-corrected chi connectivity index (χ3v) is 2.16. The van der Waals surface area contributed by atoms with Crippen LogP contribution in [0.2, 0.25) is 0 Å². The average molecular weight is 223 g/mol. The summed E-state index contributed by atoms with van der Waals surface area (Å²) in [5, 5.41) is 3.22. The summed E-state index contributed by atoms with van der Waals surface area (Å²) < 4.78 is 9.68. The zero-order chi connectivity index (χ0) is 11.8. The Morgan fingerprint density at radius 1 is 1.62 bits per heavy atom. The van der Waals surface area contributed by atoms with Crippen molar-refractivity contribution in [3.05, 3.63) is 35.8 Å². The van der Waals surface area contributed by atoms with Crippen molar-refractivity contribution in [2.24, 2.45) is 0 Å². The van der Waals surface area contributed by atoms with E-state index in [1.807, 2.05) is 13.0 Å². The average Bonchev–Trinajstić information content (AvgIpc) is 2.76. The first kappa shape index (κ1) is 12.5. The first-order valence-corrected chi connectivity index (χ1v) is 5.26. The largest absolute Gasteiger partial charge is 0.463 e. The molecule has 1 N–H and O–H groups in total. The van der Waals surface area contributed by atoms with Gasteiger partial charge in [0.1, 0.15) is 0 Å². The van der Waals surface area contributed by atoms with Gasteiger partial charge in [0, 0.05) is 12.1 Å². The third-order valence-electron chi connectivity index (χ3n) is 2.16. The molecule has 16 heavy (non-hydrogen) atoms. The van der Waals surface area contributed by atoms with Crippen LogP contribution in [-0.4, -0.2) is 19.6 Å². The van der Waals surface area contributed by atoms with Crippen molar-refractivity contribution < 1.29 is 13.9 Å². The minimum absolute atomic E-state index is 0.279. The second-order valence-electron chi connectivity index (χ2n) is 3.30. The Bertz CT molecular complexity index is 355. The maximum absolute atomic E-state index is 11.3. The molecule has 0 bridgehead atoms. The number of carbonyl (C=O) groups excluding carboxylic acids is 1. The van der Waals surface area contributed by atoms with Crippen molar-refractivity contribution in [2.75, 3.05) is 13.7 Å². The number of esters is 1. The van der Waals surface area contributed by atoms with E-state index in [0.717, 1.165) is 18.5 Å². The lowest BCUT2D eigenvalue weighted by molar-refractivity contribution is 0.0563. The summed E-state index contributed by atoms with van der Waals surface area (Å²) in [5.41, 5.74) is 0.826. The Morgan fingerprint density at radius 2 is 2.44 bits per heavy atom. The van der Waals surface area contributed by atoms with Crippen LogP contribution >= 0.6 is 0 Å². The second-order valence-corrected chi connectivity index (χ2v) is 3.30. The van der Waals surface area contributed by atoms with E-state index in [9.17, 15) is 4.79 Å². The maximum Gasteiger partial charge on any atom is 0.374 e. The van der Waals surface area contributed by atoms with Gasteiger partial charge in [-0.05, 0) is 26.0 Å². The molecule has 0 aliphatic heterocycles. The Hall–Kier alpha value is -1.55. The zero-order valence-corrected chi connectivity index (χ0v) is 9.66. The first-order valence-electron chi connectivity index (χ1n) is 5.26. The summed E-state index contributed by atoms with van der Waals surface area (Å²) in [6, 6.07) is 1.77. The van der Waals surface area contributed by atoms with Gasteiger partial charge >= 0.3 is 5.97 Å². The Labute approximate surface area is 95.3 Å². The monoisotopic (exact) mass is 223 g/mol. The molecule has 1 heterocycles. The predicted octanol–water partition coefficient (Wildman–Crippen LogP) is 2.12. The SMILES string of the molecule is C/C=C/CCNCc1ccoc1C(=O)OC. The summed E-state index contributed by atoms with van der Waals surface area (Å²) in [6.45, 7) is 3.47. The molecule has 4 nitrogen and oxygen atoms in total. The molecule has 1 aromatic heterocycles. The van der Waals surface area contributed by atoms with E-state index in [2.05, 4.69) is 16.1 Å². The lowest BCUT2D eigenvalue weighted by atomic mass is 10.2. The summed E-state index contributed by atoms with van der Waals surface area (Å²) in [4.78, 5) is 11.3. The van der Waals surface area contributed by atoms with Crippen LogP contribution in [0.25, 0.3) is 0 Å². The number of carbonyl (C=O) groups is 1. The van der Waals surface area contributed by atoms with Crippen molar-refractivity contribution in [1.29, 1.82) is 0 Å². The minimum Gasteiger partial charge on any atom is -0.463 e. The van der Waals surface area contributed by atoms with Gasteiger partial charge in [0.2, 0.25) is 5.76 Å². The van der Waals surface area contributed by atoms with E-state index in [-0.39, 0.29) is 5.76 Å². The normalized spacial score (nSPS) is 10.9. The molecule has 0 aromatic carbocycles. The van der Waals surface area contributed by atoms with Gasteiger partial charge in [-0.2, -0.15) is 0 Å². The van der Waals surface area contributed by atoms with Crippen molar-refractivity contribution >= 4 is 5.97 Å². The molecule has 1 rings (SSSR count). The van der Waals surface area contributed by atoms with Crippen LogP contribution in [0.3, 0.4) is 0 Å². The van der Waals surface area contributed by atoms with Crippen LogP contribution in [0.15, 0.2) is 28.9 Å². The van der Waals surface area contributed by atoms with E-state index < -0.39 is 5.97 Å². The first-order chi connectivity index (χ1) is 7.79. The zero-order valence-electron chi connectivity index (χ0n) is 9.66. The Morgan fingerprint density at radius 3 is 3.12 bits per heavy atom. The van der Waals surface area contributed by atoms with E-state index >= 15 is 0 Å². The van der Waals surface area contributed by atoms with E-state index in [0.29, 0.717) is 6.54 Å². The molecule has 0 aliphatic rings. The molecular formula is C12H17NO3. The summed E-state index contributed by atoms with van der Waals surface area (Å²) >= 11 is 0. The molecule has 0 saturated heterocycles. The van der Waals surface area contributed by atoms with Crippen LogP contribution in [0, 0.1) is 0 Å². The van der Waals surface area contributed by atoms with Crippen LogP contribution in [0.4, 0.5) is 0 Å².